The van der Waals surface area contributed by atoms with E-state index in [-0.39, 0.29) is 5.91 Å². The molecule has 4 rings (SSSR count). The summed E-state index contributed by atoms with van der Waals surface area (Å²) in [5.41, 5.74) is 2.16. The zero-order chi connectivity index (χ0) is 17.9. The lowest BCUT2D eigenvalue weighted by atomic mass is 10.2. The van der Waals surface area contributed by atoms with Crippen molar-refractivity contribution in [1.82, 2.24) is 4.90 Å². The summed E-state index contributed by atoms with van der Waals surface area (Å²) in [6.45, 7) is 3.44. The van der Waals surface area contributed by atoms with Gasteiger partial charge >= 0.3 is 0 Å². The normalized spacial score (nSPS) is 19.2. The number of aliphatic imine (C=N–C) groups is 1. The lowest BCUT2D eigenvalue weighted by Gasteiger charge is -2.36. The maximum Gasteiger partial charge on any atom is 0.286 e. The predicted octanol–water partition coefficient (Wildman–Crippen LogP) is 4.13. The van der Waals surface area contributed by atoms with Crippen LogP contribution >= 0.6 is 23.4 Å². The molecule has 0 saturated carbocycles. The first-order valence-electron chi connectivity index (χ1n) is 8.52. The topological polar surface area (TPSA) is 35.9 Å². The van der Waals surface area contributed by atoms with Crippen LogP contribution in [-0.2, 0) is 4.79 Å². The molecule has 1 fully saturated rings. The number of benzene rings is 2. The van der Waals surface area contributed by atoms with E-state index in [0.717, 1.165) is 47.6 Å². The van der Waals surface area contributed by atoms with Crippen molar-refractivity contribution >= 4 is 46.2 Å². The smallest absolute Gasteiger partial charge is 0.286 e. The van der Waals surface area contributed by atoms with Gasteiger partial charge in [0.05, 0.1) is 4.91 Å². The number of amides is 1. The van der Waals surface area contributed by atoms with Crippen molar-refractivity contribution in [3.05, 3.63) is 70.1 Å². The molecule has 2 aromatic carbocycles. The zero-order valence-corrected chi connectivity index (χ0v) is 15.7. The van der Waals surface area contributed by atoms with E-state index in [4.69, 9.17) is 11.6 Å². The Morgan fingerprint density at radius 3 is 2.42 bits per heavy atom. The number of hydrogen-bond donors (Lipinski definition) is 0. The van der Waals surface area contributed by atoms with E-state index < -0.39 is 0 Å². The summed E-state index contributed by atoms with van der Waals surface area (Å²) in [5.74, 6) is -0.147. The summed E-state index contributed by atoms with van der Waals surface area (Å²) in [6.07, 6.45) is 1.91. The van der Waals surface area contributed by atoms with Gasteiger partial charge in [-0.1, -0.05) is 48.0 Å². The highest BCUT2D eigenvalue weighted by Gasteiger charge is 2.28. The summed E-state index contributed by atoms with van der Waals surface area (Å²) < 4.78 is 0. The average Bonchev–Trinajstić information content (AvgIpc) is 3.03. The van der Waals surface area contributed by atoms with Crippen LogP contribution in [0.3, 0.4) is 0 Å². The van der Waals surface area contributed by atoms with Gasteiger partial charge in [0.15, 0.2) is 5.17 Å². The van der Waals surface area contributed by atoms with Crippen LogP contribution in [0, 0.1) is 0 Å². The average molecular weight is 384 g/mol. The Labute approximate surface area is 162 Å². The summed E-state index contributed by atoms with van der Waals surface area (Å²) in [4.78, 5) is 21.7. The van der Waals surface area contributed by atoms with Crippen molar-refractivity contribution in [1.29, 1.82) is 0 Å². The van der Waals surface area contributed by atoms with Gasteiger partial charge in [0, 0.05) is 36.9 Å². The standard InChI is InChI=1S/C20H18ClN3OS/c21-16-7-4-8-17(14-16)23-9-11-24(12-10-23)20-22-19(25)18(26-20)13-15-5-2-1-3-6-15/h1-8,13-14H,9-12H2/b18-13+. The molecule has 0 radical (unpaired) electrons. The quantitative estimate of drug-likeness (QED) is 0.730. The van der Waals surface area contributed by atoms with E-state index >= 15 is 0 Å². The number of anilines is 1. The second kappa shape index (κ2) is 7.56. The number of rotatable bonds is 2. The third-order valence-corrected chi connectivity index (χ3v) is 5.71. The Morgan fingerprint density at radius 1 is 0.962 bits per heavy atom. The molecule has 6 heteroatoms. The molecule has 0 spiro atoms. The van der Waals surface area contributed by atoms with E-state index in [1.165, 1.54) is 11.8 Å². The highest BCUT2D eigenvalue weighted by atomic mass is 35.5. The molecule has 0 N–H and O–H groups in total. The highest BCUT2D eigenvalue weighted by Crippen LogP contribution is 2.31. The number of thioether (sulfide) groups is 1. The molecule has 2 heterocycles. The Balaban J connectivity index is 1.40. The van der Waals surface area contributed by atoms with Gasteiger partial charge in [0.1, 0.15) is 0 Å². The largest absolute Gasteiger partial charge is 0.368 e. The summed E-state index contributed by atoms with van der Waals surface area (Å²) in [7, 11) is 0. The Bertz CT molecular complexity index is 874. The minimum Gasteiger partial charge on any atom is -0.368 e. The Kier molecular flexibility index (Phi) is 5.00. The van der Waals surface area contributed by atoms with Crippen LogP contribution in [0.15, 0.2) is 64.5 Å². The van der Waals surface area contributed by atoms with Gasteiger partial charge < -0.3 is 9.80 Å². The van der Waals surface area contributed by atoms with Crippen LogP contribution in [0.2, 0.25) is 5.02 Å². The monoisotopic (exact) mass is 383 g/mol. The first-order valence-corrected chi connectivity index (χ1v) is 9.71. The third-order valence-electron chi connectivity index (χ3n) is 4.43. The fraction of sp³-hybridized carbons (Fsp3) is 0.200. The number of piperazine rings is 1. The molecule has 0 atom stereocenters. The number of carbonyl (C=O) groups is 1. The maximum atomic E-state index is 12.2. The fourth-order valence-electron chi connectivity index (χ4n) is 3.06. The van der Waals surface area contributed by atoms with E-state index in [9.17, 15) is 4.79 Å². The van der Waals surface area contributed by atoms with Crippen molar-refractivity contribution in [3.63, 3.8) is 0 Å². The number of halogens is 1. The van der Waals surface area contributed by atoms with Crippen LogP contribution in [-0.4, -0.2) is 42.2 Å². The lowest BCUT2D eigenvalue weighted by Crippen LogP contribution is -2.47. The summed E-state index contributed by atoms with van der Waals surface area (Å²) in [6, 6.07) is 17.8. The number of hydrogen-bond acceptors (Lipinski definition) is 4. The SMILES string of the molecule is O=C1N=C(N2CCN(c3cccc(Cl)c3)CC2)S/C1=C/c1ccccc1. The molecule has 2 aromatic rings. The van der Waals surface area contributed by atoms with Crippen LogP contribution < -0.4 is 4.90 Å². The molecule has 2 aliphatic heterocycles. The van der Waals surface area contributed by atoms with Gasteiger partial charge in [0.25, 0.3) is 5.91 Å². The number of carbonyl (C=O) groups excluding carboxylic acids is 1. The van der Waals surface area contributed by atoms with Crippen molar-refractivity contribution < 1.29 is 4.79 Å². The van der Waals surface area contributed by atoms with Crippen molar-refractivity contribution in [2.24, 2.45) is 4.99 Å². The minimum absolute atomic E-state index is 0.147. The summed E-state index contributed by atoms with van der Waals surface area (Å²) >= 11 is 7.56. The first kappa shape index (κ1) is 17.2. The molecule has 0 bridgehead atoms. The molecular formula is C20H18ClN3OS. The zero-order valence-electron chi connectivity index (χ0n) is 14.1. The molecule has 1 amide bonds. The van der Waals surface area contributed by atoms with Gasteiger partial charge in [0.2, 0.25) is 0 Å². The van der Waals surface area contributed by atoms with E-state index in [2.05, 4.69) is 20.9 Å². The van der Waals surface area contributed by atoms with Crippen molar-refractivity contribution in [3.8, 4) is 0 Å². The van der Waals surface area contributed by atoms with Gasteiger partial charge in [-0.15, -0.1) is 0 Å². The maximum absolute atomic E-state index is 12.2. The minimum atomic E-state index is -0.147. The van der Waals surface area contributed by atoms with Crippen molar-refractivity contribution in [2.45, 2.75) is 0 Å². The van der Waals surface area contributed by atoms with Crippen LogP contribution in [0.5, 0.6) is 0 Å². The lowest BCUT2D eigenvalue weighted by molar-refractivity contribution is -0.113. The second-order valence-corrected chi connectivity index (χ2v) is 7.62. The van der Waals surface area contributed by atoms with Crippen LogP contribution in [0.1, 0.15) is 5.56 Å². The van der Waals surface area contributed by atoms with Gasteiger partial charge in [-0.3, -0.25) is 4.79 Å². The van der Waals surface area contributed by atoms with Gasteiger partial charge in [-0.2, -0.15) is 4.99 Å². The molecule has 26 heavy (non-hydrogen) atoms. The van der Waals surface area contributed by atoms with Gasteiger partial charge in [-0.05, 0) is 41.6 Å². The molecule has 0 aromatic heterocycles. The number of amidine groups is 1. The van der Waals surface area contributed by atoms with E-state index in [1.54, 1.807) is 0 Å². The van der Waals surface area contributed by atoms with Crippen LogP contribution in [0.4, 0.5) is 5.69 Å². The second-order valence-electron chi connectivity index (χ2n) is 6.17. The fourth-order valence-corrected chi connectivity index (χ4v) is 4.21. The third kappa shape index (κ3) is 3.79. The molecule has 2 aliphatic rings. The Morgan fingerprint density at radius 2 is 1.69 bits per heavy atom. The van der Waals surface area contributed by atoms with Crippen molar-refractivity contribution in [2.75, 3.05) is 31.1 Å². The molecule has 0 aliphatic carbocycles. The van der Waals surface area contributed by atoms with Gasteiger partial charge in [-0.25, -0.2) is 0 Å². The Hall–Kier alpha value is -2.24. The molecule has 132 valence electrons. The van der Waals surface area contributed by atoms with Crippen LogP contribution in [0.25, 0.3) is 6.08 Å². The summed E-state index contributed by atoms with van der Waals surface area (Å²) in [5, 5.41) is 1.56. The molecular weight excluding hydrogens is 366 g/mol. The predicted molar refractivity (Wildman–Crippen MR) is 110 cm³/mol. The molecule has 0 unspecified atom stereocenters. The van der Waals surface area contributed by atoms with E-state index in [0.29, 0.717) is 4.91 Å². The first-order chi connectivity index (χ1) is 12.7. The molecule has 4 nitrogen and oxygen atoms in total. The highest BCUT2D eigenvalue weighted by molar-refractivity contribution is 8.18. The number of nitrogens with zero attached hydrogens (tertiary/aromatic N) is 3. The molecule has 1 saturated heterocycles. The van der Waals surface area contributed by atoms with E-state index in [1.807, 2.05) is 54.6 Å².